The number of nitrogens with zero attached hydrogens (tertiary/aromatic N) is 1. The Balaban J connectivity index is 1.82. The van der Waals surface area contributed by atoms with Gasteiger partial charge >= 0.3 is 0 Å². The fraction of sp³-hybridized carbons (Fsp3) is 0.211. The summed E-state index contributed by atoms with van der Waals surface area (Å²) in [4.78, 5) is 36.6. The van der Waals surface area contributed by atoms with Gasteiger partial charge in [-0.2, -0.15) is 0 Å². The van der Waals surface area contributed by atoms with Crippen LogP contribution in [0, 0.1) is 0 Å². The van der Waals surface area contributed by atoms with E-state index in [0.29, 0.717) is 27.0 Å². The smallest absolute Gasteiger partial charge is 0.260 e. The van der Waals surface area contributed by atoms with Crippen LogP contribution >= 0.6 is 23.2 Å². The molecule has 0 fully saturated rings. The first-order valence-electron chi connectivity index (χ1n) is 7.99. The lowest BCUT2D eigenvalue weighted by Crippen LogP contribution is -2.37. The van der Waals surface area contributed by atoms with Crippen molar-refractivity contribution >= 4 is 46.5 Å². The monoisotopic (exact) mass is 408 g/mol. The van der Waals surface area contributed by atoms with Crippen LogP contribution in [0.1, 0.15) is 17.3 Å². The predicted molar refractivity (Wildman–Crippen MR) is 105 cm³/mol. The van der Waals surface area contributed by atoms with Crippen molar-refractivity contribution in [3.8, 4) is 5.75 Å². The number of rotatable bonds is 7. The number of ketones is 1. The third kappa shape index (κ3) is 6.27. The maximum Gasteiger partial charge on any atom is 0.260 e. The Morgan fingerprint density at radius 3 is 2.30 bits per heavy atom. The van der Waals surface area contributed by atoms with Gasteiger partial charge in [0.25, 0.3) is 5.91 Å². The van der Waals surface area contributed by atoms with Gasteiger partial charge in [-0.1, -0.05) is 23.2 Å². The number of anilines is 1. The number of Topliss-reactive ketones (excluding diaryl/α,β-unsaturated/α-hetero) is 1. The Kier molecular flexibility index (Phi) is 7.21. The molecule has 2 aromatic rings. The second-order valence-electron chi connectivity index (χ2n) is 5.80. The fourth-order valence-electron chi connectivity index (χ4n) is 2.12. The Labute approximate surface area is 167 Å². The van der Waals surface area contributed by atoms with Gasteiger partial charge in [-0.15, -0.1) is 0 Å². The van der Waals surface area contributed by atoms with Gasteiger partial charge in [0.15, 0.2) is 12.4 Å². The zero-order chi connectivity index (χ0) is 20.0. The summed E-state index contributed by atoms with van der Waals surface area (Å²) >= 11 is 11.7. The van der Waals surface area contributed by atoms with Crippen molar-refractivity contribution < 1.29 is 19.1 Å². The minimum absolute atomic E-state index is 0.0506. The van der Waals surface area contributed by atoms with Gasteiger partial charge in [-0.25, -0.2) is 0 Å². The molecular weight excluding hydrogens is 391 g/mol. The normalized spacial score (nSPS) is 10.2. The molecule has 2 rings (SSSR count). The van der Waals surface area contributed by atoms with E-state index >= 15 is 0 Å². The molecule has 0 radical (unpaired) electrons. The van der Waals surface area contributed by atoms with Crippen molar-refractivity contribution in [1.29, 1.82) is 0 Å². The molecule has 0 spiro atoms. The third-order valence-corrected chi connectivity index (χ3v) is 4.37. The minimum atomic E-state index is -0.380. The van der Waals surface area contributed by atoms with Crippen molar-refractivity contribution in [3.63, 3.8) is 0 Å². The highest BCUT2D eigenvalue weighted by Crippen LogP contribution is 2.24. The van der Waals surface area contributed by atoms with Gasteiger partial charge in [0, 0.05) is 18.3 Å². The highest BCUT2D eigenvalue weighted by Gasteiger charge is 2.14. The van der Waals surface area contributed by atoms with E-state index in [1.54, 1.807) is 36.4 Å². The molecule has 27 heavy (non-hydrogen) atoms. The molecule has 0 heterocycles. The molecule has 6 nitrogen and oxygen atoms in total. The number of carbonyl (C=O) groups is 3. The van der Waals surface area contributed by atoms with Gasteiger partial charge < -0.3 is 15.0 Å². The van der Waals surface area contributed by atoms with Crippen LogP contribution in [-0.4, -0.2) is 42.7 Å². The lowest BCUT2D eigenvalue weighted by Gasteiger charge is -2.17. The largest absolute Gasteiger partial charge is 0.484 e. The Bertz CT molecular complexity index is 853. The number of hydrogen-bond donors (Lipinski definition) is 1. The van der Waals surface area contributed by atoms with Crippen LogP contribution < -0.4 is 10.1 Å². The molecule has 0 unspecified atom stereocenters. The third-order valence-electron chi connectivity index (χ3n) is 3.63. The van der Waals surface area contributed by atoms with E-state index in [4.69, 9.17) is 27.9 Å². The average molecular weight is 409 g/mol. The summed E-state index contributed by atoms with van der Waals surface area (Å²) in [5.41, 5.74) is 1.04. The summed E-state index contributed by atoms with van der Waals surface area (Å²) in [6, 6.07) is 11.2. The lowest BCUT2D eigenvalue weighted by atomic mass is 10.1. The number of hydrogen-bond acceptors (Lipinski definition) is 4. The van der Waals surface area contributed by atoms with Crippen LogP contribution in [-0.2, 0) is 9.59 Å². The highest BCUT2D eigenvalue weighted by atomic mass is 35.5. The van der Waals surface area contributed by atoms with Gasteiger partial charge in [0.2, 0.25) is 5.91 Å². The van der Waals surface area contributed by atoms with Crippen molar-refractivity contribution in [1.82, 2.24) is 4.90 Å². The van der Waals surface area contributed by atoms with Crippen molar-refractivity contribution in [2.75, 3.05) is 25.5 Å². The van der Waals surface area contributed by atoms with Crippen LogP contribution in [0.2, 0.25) is 10.0 Å². The molecule has 0 saturated carbocycles. The molecule has 0 bridgehead atoms. The summed E-state index contributed by atoms with van der Waals surface area (Å²) in [5, 5.41) is 3.34. The second kappa shape index (κ2) is 9.39. The zero-order valence-electron chi connectivity index (χ0n) is 14.8. The first-order valence-corrected chi connectivity index (χ1v) is 8.74. The molecule has 0 aliphatic carbocycles. The molecule has 0 atom stereocenters. The number of nitrogens with one attached hydrogen (secondary N) is 1. The van der Waals surface area contributed by atoms with Crippen molar-refractivity contribution in [2.24, 2.45) is 0 Å². The van der Waals surface area contributed by atoms with Crippen molar-refractivity contribution in [2.45, 2.75) is 6.92 Å². The van der Waals surface area contributed by atoms with Gasteiger partial charge in [0.05, 0.1) is 16.6 Å². The molecule has 2 aromatic carbocycles. The fourth-order valence-corrected chi connectivity index (χ4v) is 2.42. The van der Waals surface area contributed by atoms with E-state index in [0.717, 1.165) is 0 Å². The summed E-state index contributed by atoms with van der Waals surface area (Å²) in [6.07, 6.45) is 0. The van der Waals surface area contributed by atoms with Gasteiger partial charge in [-0.05, 0) is 49.4 Å². The Morgan fingerprint density at radius 1 is 1.04 bits per heavy atom. The van der Waals surface area contributed by atoms with E-state index in [2.05, 4.69) is 5.32 Å². The lowest BCUT2D eigenvalue weighted by molar-refractivity contribution is -0.135. The first-order chi connectivity index (χ1) is 12.8. The molecule has 142 valence electrons. The number of amides is 2. The number of benzene rings is 2. The van der Waals surface area contributed by atoms with Gasteiger partial charge in [-0.3, -0.25) is 14.4 Å². The van der Waals surface area contributed by atoms with E-state index in [1.165, 1.54) is 24.9 Å². The average Bonchev–Trinajstić information content (AvgIpc) is 2.63. The molecule has 0 aliphatic rings. The van der Waals surface area contributed by atoms with Gasteiger partial charge in [0.1, 0.15) is 5.75 Å². The van der Waals surface area contributed by atoms with Crippen LogP contribution in [0.15, 0.2) is 42.5 Å². The quantitative estimate of drug-likeness (QED) is 0.708. The standard InChI is InChI=1S/C19H18Cl2N2O4/c1-12(24)13-3-6-15(7-4-13)27-11-19(26)23(2)10-18(25)22-14-5-8-16(20)17(21)9-14/h3-9H,10-11H2,1-2H3,(H,22,25). The molecule has 0 aliphatic heterocycles. The molecule has 0 saturated heterocycles. The number of carbonyl (C=O) groups excluding carboxylic acids is 3. The SMILES string of the molecule is CC(=O)c1ccc(OCC(=O)N(C)CC(=O)Nc2ccc(Cl)c(Cl)c2)cc1. The van der Waals surface area contributed by atoms with E-state index in [1.807, 2.05) is 0 Å². The summed E-state index contributed by atoms with van der Waals surface area (Å²) in [7, 11) is 1.50. The van der Waals surface area contributed by atoms with E-state index in [-0.39, 0.29) is 30.7 Å². The molecule has 1 N–H and O–H groups in total. The van der Waals surface area contributed by atoms with Crippen LogP contribution in [0.5, 0.6) is 5.75 Å². The molecule has 0 aromatic heterocycles. The summed E-state index contributed by atoms with van der Waals surface area (Å²) in [6.45, 7) is 1.10. The maximum atomic E-state index is 12.1. The van der Waals surface area contributed by atoms with Crippen LogP contribution in [0.4, 0.5) is 5.69 Å². The summed E-state index contributed by atoms with van der Waals surface area (Å²) in [5.74, 6) is -0.336. The first kappa shape index (κ1) is 20.7. The van der Waals surface area contributed by atoms with Crippen LogP contribution in [0.25, 0.3) is 0 Å². The molecule has 2 amide bonds. The van der Waals surface area contributed by atoms with E-state index < -0.39 is 0 Å². The number of ether oxygens (including phenoxy) is 1. The molecular formula is C19H18Cl2N2O4. The maximum absolute atomic E-state index is 12.1. The Morgan fingerprint density at radius 2 is 1.70 bits per heavy atom. The second-order valence-corrected chi connectivity index (χ2v) is 6.61. The highest BCUT2D eigenvalue weighted by molar-refractivity contribution is 6.42. The number of likely N-dealkylation sites (N-methyl/N-ethyl adjacent to an activating group) is 1. The molecule has 8 heteroatoms. The minimum Gasteiger partial charge on any atom is -0.484 e. The number of halogens is 2. The predicted octanol–water partition coefficient (Wildman–Crippen LogP) is 3.67. The van der Waals surface area contributed by atoms with Crippen LogP contribution in [0.3, 0.4) is 0 Å². The Hall–Kier alpha value is -2.57. The topological polar surface area (TPSA) is 75.7 Å². The zero-order valence-corrected chi connectivity index (χ0v) is 16.3. The van der Waals surface area contributed by atoms with E-state index in [9.17, 15) is 14.4 Å². The summed E-state index contributed by atoms with van der Waals surface area (Å²) < 4.78 is 5.39. The van der Waals surface area contributed by atoms with Crippen molar-refractivity contribution in [3.05, 3.63) is 58.1 Å².